The molecule has 0 spiro atoms. The summed E-state index contributed by atoms with van der Waals surface area (Å²) in [6.45, 7) is 1.93. The van der Waals surface area contributed by atoms with Crippen molar-refractivity contribution in [3.05, 3.63) is 65.2 Å². The molecule has 2 N–H and O–H groups in total. The predicted octanol–water partition coefficient (Wildman–Crippen LogP) is 2.33. The Bertz CT molecular complexity index is 733. The van der Waals surface area contributed by atoms with Crippen LogP contribution in [0.5, 0.6) is 0 Å². The number of anilines is 1. The summed E-state index contributed by atoms with van der Waals surface area (Å²) in [6, 6.07) is 12.9. The Hall–Kier alpha value is -3.15. The third-order valence-corrected chi connectivity index (χ3v) is 3.32. The molecule has 0 bridgehead atoms. The zero-order valence-corrected chi connectivity index (χ0v) is 11.8. The van der Waals surface area contributed by atoms with E-state index < -0.39 is 17.8 Å². The smallest absolute Gasteiger partial charge is 0.307 e. The van der Waals surface area contributed by atoms with Crippen molar-refractivity contribution in [1.82, 2.24) is 10.4 Å². The molecule has 6 nitrogen and oxygen atoms in total. The van der Waals surface area contributed by atoms with Crippen LogP contribution in [0.25, 0.3) is 0 Å². The Labute approximate surface area is 126 Å². The first-order chi connectivity index (χ1) is 10.6. The number of imide groups is 1. The summed E-state index contributed by atoms with van der Waals surface area (Å²) >= 11 is 0. The lowest BCUT2D eigenvalue weighted by molar-refractivity contribution is 0.0592. The highest BCUT2D eigenvalue weighted by Gasteiger charge is 2.36. The van der Waals surface area contributed by atoms with Gasteiger partial charge >= 0.3 is 6.03 Å². The SMILES string of the molecule is Cc1ccc(NC(=O)NN2C(=O)c3ccccc3C2=O)cc1. The molecule has 1 heterocycles. The van der Waals surface area contributed by atoms with Crippen molar-refractivity contribution in [3.8, 4) is 0 Å². The second-order valence-electron chi connectivity index (χ2n) is 4.92. The van der Waals surface area contributed by atoms with Gasteiger partial charge < -0.3 is 5.32 Å². The van der Waals surface area contributed by atoms with Gasteiger partial charge in [0.25, 0.3) is 11.8 Å². The molecular weight excluding hydrogens is 282 g/mol. The van der Waals surface area contributed by atoms with Gasteiger partial charge in [-0.25, -0.2) is 10.2 Å². The summed E-state index contributed by atoms with van der Waals surface area (Å²) in [5, 5.41) is 3.28. The second kappa shape index (κ2) is 5.33. The van der Waals surface area contributed by atoms with Crippen LogP contribution < -0.4 is 10.7 Å². The van der Waals surface area contributed by atoms with Gasteiger partial charge in [0.2, 0.25) is 0 Å². The van der Waals surface area contributed by atoms with Crippen LogP contribution >= 0.6 is 0 Å². The normalized spacial score (nSPS) is 13.0. The van der Waals surface area contributed by atoms with Crippen LogP contribution in [0.4, 0.5) is 10.5 Å². The number of hydrogen-bond donors (Lipinski definition) is 2. The summed E-state index contributed by atoms with van der Waals surface area (Å²) in [6.07, 6.45) is 0. The quantitative estimate of drug-likeness (QED) is 0.835. The van der Waals surface area contributed by atoms with Crippen molar-refractivity contribution in [3.63, 3.8) is 0 Å². The average molecular weight is 295 g/mol. The number of carbonyl (C=O) groups excluding carboxylic acids is 3. The molecule has 0 fully saturated rings. The number of aryl methyl sites for hydroxylation is 1. The molecule has 3 rings (SSSR count). The van der Waals surface area contributed by atoms with Crippen molar-refractivity contribution in [2.45, 2.75) is 6.92 Å². The van der Waals surface area contributed by atoms with Crippen LogP contribution in [-0.4, -0.2) is 22.9 Å². The number of hydrogen-bond acceptors (Lipinski definition) is 3. The third-order valence-electron chi connectivity index (χ3n) is 3.32. The van der Waals surface area contributed by atoms with Gasteiger partial charge in [0, 0.05) is 5.69 Å². The number of amides is 4. The highest BCUT2D eigenvalue weighted by Crippen LogP contribution is 2.20. The average Bonchev–Trinajstić information content (AvgIpc) is 2.75. The summed E-state index contributed by atoms with van der Waals surface area (Å²) in [5.74, 6) is -1.08. The van der Waals surface area contributed by atoms with E-state index in [1.807, 2.05) is 19.1 Å². The minimum atomic E-state index is -0.654. The summed E-state index contributed by atoms with van der Waals surface area (Å²) in [4.78, 5) is 36.1. The predicted molar refractivity (Wildman–Crippen MR) is 80.3 cm³/mol. The van der Waals surface area contributed by atoms with E-state index in [9.17, 15) is 14.4 Å². The molecule has 2 aromatic rings. The minimum Gasteiger partial charge on any atom is -0.307 e. The summed E-state index contributed by atoms with van der Waals surface area (Å²) < 4.78 is 0. The highest BCUT2D eigenvalue weighted by molar-refractivity contribution is 6.21. The molecule has 1 aliphatic rings. The molecular formula is C16H13N3O3. The van der Waals surface area contributed by atoms with Crippen molar-refractivity contribution in [2.75, 3.05) is 5.32 Å². The fraction of sp³-hybridized carbons (Fsp3) is 0.0625. The van der Waals surface area contributed by atoms with Gasteiger partial charge in [-0.1, -0.05) is 29.8 Å². The highest BCUT2D eigenvalue weighted by atomic mass is 16.2. The molecule has 4 amide bonds. The zero-order valence-electron chi connectivity index (χ0n) is 11.8. The molecule has 0 aromatic heterocycles. The third kappa shape index (κ3) is 2.42. The lowest BCUT2D eigenvalue weighted by atomic mass is 10.1. The van der Waals surface area contributed by atoms with E-state index in [-0.39, 0.29) is 11.1 Å². The van der Waals surface area contributed by atoms with E-state index in [0.717, 1.165) is 5.56 Å². The minimum absolute atomic E-state index is 0.281. The first-order valence-electron chi connectivity index (χ1n) is 6.68. The maximum absolute atomic E-state index is 12.1. The Morgan fingerprint density at radius 1 is 0.909 bits per heavy atom. The maximum Gasteiger partial charge on any atom is 0.338 e. The van der Waals surface area contributed by atoms with E-state index in [1.165, 1.54) is 0 Å². The zero-order chi connectivity index (χ0) is 15.7. The Morgan fingerprint density at radius 2 is 1.45 bits per heavy atom. The maximum atomic E-state index is 12.1. The van der Waals surface area contributed by atoms with E-state index in [1.54, 1.807) is 36.4 Å². The fourth-order valence-corrected chi connectivity index (χ4v) is 2.19. The number of carbonyl (C=O) groups is 3. The topological polar surface area (TPSA) is 78.5 Å². The van der Waals surface area contributed by atoms with Crippen molar-refractivity contribution < 1.29 is 14.4 Å². The fourth-order valence-electron chi connectivity index (χ4n) is 2.19. The Balaban J connectivity index is 1.71. The van der Waals surface area contributed by atoms with E-state index in [4.69, 9.17) is 0 Å². The van der Waals surface area contributed by atoms with Crippen LogP contribution in [0, 0.1) is 6.92 Å². The Morgan fingerprint density at radius 3 is 2.00 bits per heavy atom. The monoisotopic (exact) mass is 295 g/mol. The molecule has 2 aromatic carbocycles. The molecule has 1 aliphatic heterocycles. The molecule has 110 valence electrons. The van der Waals surface area contributed by atoms with E-state index in [0.29, 0.717) is 10.7 Å². The first kappa shape index (κ1) is 13.8. The standard InChI is InChI=1S/C16H13N3O3/c1-10-6-8-11(9-7-10)17-16(22)18-19-14(20)12-4-2-3-5-13(12)15(19)21/h2-9H,1H3,(H2,17,18,22). The molecule has 0 unspecified atom stereocenters. The number of hydrazine groups is 1. The molecule has 6 heteroatoms. The molecule has 0 saturated heterocycles. The van der Waals surface area contributed by atoms with Crippen molar-refractivity contribution in [1.29, 1.82) is 0 Å². The second-order valence-corrected chi connectivity index (χ2v) is 4.92. The number of urea groups is 1. The number of nitrogens with one attached hydrogen (secondary N) is 2. The van der Waals surface area contributed by atoms with Gasteiger partial charge in [0.1, 0.15) is 0 Å². The molecule has 0 aliphatic carbocycles. The summed E-state index contributed by atoms with van der Waals surface area (Å²) in [7, 11) is 0. The largest absolute Gasteiger partial charge is 0.338 e. The van der Waals surface area contributed by atoms with E-state index >= 15 is 0 Å². The van der Waals surface area contributed by atoms with E-state index in [2.05, 4.69) is 10.7 Å². The number of rotatable bonds is 2. The van der Waals surface area contributed by atoms with Gasteiger partial charge in [-0.2, -0.15) is 5.01 Å². The summed E-state index contributed by atoms with van der Waals surface area (Å²) in [5.41, 5.74) is 4.46. The molecule has 22 heavy (non-hydrogen) atoms. The van der Waals surface area contributed by atoms with Gasteiger partial charge in [0.05, 0.1) is 11.1 Å². The number of nitrogens with zero attached hydrogens (tertiary/aromatic N) is 1. The molecule has 0 saturated carbocycles. The van der Waals surface area contributed by atoms with Gasteiger partial charge in [-0.15, -0.1) is 0 Å². The lowest BCUT2D eigenvalue weighted by Gasteiger charge is -2.15. The van der Waals surface area contributed by atoms with Crippen LogP contribution in [0.15, 0.2) is 48.5 Å². The Kier molecular flexibility index (Phi) is 3.34. The number of fused-ring (bicyclic) bond motifs is 1. The van der Waals surface area contributed by atoms with Gasteiger partial charge in [-0.3, -0.25) is 9.59 Å². The van der Waals surface area contributed by atoms with Gasteiger partial charge in [-0.05, 0) is 31.2 Å². The van der Waals surface area contributed by atoms with Crippen LogP contribution in [0.3, 0.4) is 0 Å². The molecule has 0 radical (unpaired) electrons. The van der Waals surface area contributed by atoms with Crippen LogP contribution in [0.2, 0.25) is 0 Å². The lowest BCUT2D eigenvalue weighted by Crippen LogP contribution is -2.47. The molecule has 0 atom stereocenters. The first-order valence-corrected chi connectivity index (χ1v) is 6.68. The number of benzene rings is 2. The van der Waals surface area contributed by atoms with Crippen LogP contribution in [0.1, 0.15) is 26.3 Å². The van der Waals surface area contributed by atoms with Crippen molar-refractivity contribution in [2.24, 2.45) is 0 Å². The van der Waals surface area contributed by atoms with Gasteiger partial charge in [0.15, 0.2) is 0 Å². The van der Waals surface area contributed by atoms with Crippen molar-refractivity contribution >= 4 is 23.5 Å². The van der Waals surface area contributed by atoms with Crippen LogP contribution in [-0.2, 0) is 0 Å².